The monoisotopic (exact) mass is 272 g/mol. The number of hydrogen-bond donors (Lipinski definition) is 1. The van der Waals surface area contributed by atoms with Gasteiger partial charge in [0.25, 0.3) is 5.91 Å². The van der Waals surface area contributed by atoms with Gasteiger partial charge in [0.15, 0.2) is 0 Å². The molecular formula is C10H10Cl2N4O. The molecule has 2 aromatic heterocycles. The molecule has 2 N–H and O–H groups in total. The van der Waals surface area contributed by atoms with Gasteiger partial charge in [-0.1, -0.05) is 11.6 Å². The average molecular weight is 273 g/mol. The average Bonchev–Trinajstić information content (AvgIpc) is 2.56. The summed E-state index contributed by atoms with van der Waals surface area (Å²) in [5.74, 6) is -0.567. The second kappa shape index (κ2) is 4.16. The van der Waals surface area contributed by atoms with E-state index in [9.17, 15) is 4.79 Å². The number of primary amides is 1. The highest BCUT2D eigenvalue weighted by molar-refractivity contribution is 6.36. The summed E-state index contributed by atoms with van der Waals surface area (Å²) in [5, 5.41) is 0.615. The fourth-order valence-electron chi connectivity index (χ4n) is 1.66. The molecule has 0 bridgehead atoms. The van der Waals surface area contributed by atoms with Crippen molar-refractivity contribution in [2.45, 2.75) is 19.9 Å². The number of carbonyl (C=O) groups excluding carboxylic acids is 1. The Morgan fingerprint density at radius 2 is 2.06 bits per heavy atom. The van der Waals surface area contributed by atoms with Crippen LogP contribution in [0.5, 0.6) is 0 Å². The first-order valence-corrected chi connectivity index (χ1v) is 5.70. The first-order chi connectivity index (χ1) is 7.91. The summed E-state index contributed by atoms with van der Waals surface area (Å²) < 4.78 is 1.79. The molecule has 2 aromatic rings. The smallest absolute Gasteiger partial charge is 0.251 e. The summed E-state index contributed by atoms with van der Waals surface area (Å²) >= 11 is 11.7. The summed E-state index contributed by atoms with van der Waals surface area (Å²) in [6.07, 6.45) is 1.62. The number of hydrogen-bond acceptors (Lipinski definition) is 3. The molecule has 0 radical (unpaired) electrons. The van der Waals surface area contributed by atoms with E-state index in [4.69, 9.17) is 28.9 Å². The predicted octanol–water partition coefficient (Wildman–Crippen LogP) is 2.42. The molecule has 0 aliphatic carbocycles. The Morgan fingerprint density at radius 3 is 2.59 bits per heavy atom. The molecule has 0 saturated carbocycles. The fraction of sp³-hybridized carbons (Fsp3) is 0.300. The second-order valence-electron chi connectivity index (χ2n) is 3.89. The van der Waals surface area contributed by atoms with Gasteiger partial charge in [-0.05, 0) is 25.4 Å². The molecular weight excluding hydrogens is 263 g/mol. The zero-order valence-corrected chi connectivity index (χ0v) is 10.7. The van der Waals surface area contributed by atoms with Gasteiger partial charge in [0.05, 0.1) is 10.9 Å². The van der Waals surface area contributed by atoms with Crippen LogP contribution in [0.15, 0.2) is 6.20 Å². The van der Waals surface area contributed by atoms with Crippen LogP contribution in [-0.2, 0) is 0 Å². The van der Waals surface area contributed by atoms with Crippen LogP contribution in [0.1, 0.15) is 30.2 Å². The van der Waals surface area contributed by atoms with Gasteiger partial charge in [0, 0.05) is 12.2 Å². The molecule has 0 aromatic carbocycles. The number of halogens is 2. The Labute approximate surface area is 108 Å². The molecule has 2 heterocycles. The molecule has 0 aliphatic rings. The second-order valence-corrected chi connectivity index (χ2v) is 4.59. The summed E-state index contributed by atoms with van der Waals surface area (Å²) in [5.41, 5.74) is 6.11. The van der Waals surface area contributed by atoms with Crippen molar-refractivity contribution in [1.82, 2.24) is 14.5 Å². The van der Waals surface area contributed by atoms with Crippen molar-refractivity contribution in [3.8, 4) is 0 Å². The molecule has 0 spiro atoms. The molecule has 0 fully saturated rings. The predicted molar refractivity (Wildman–Crippen MR) is 66.5 cm³/mol. The van der Waals surface area contributed by atoms with Crippen molar-refractivity contribution in [1.29, 1.82) is 0 Å². The summed E-state index contributed by atoms with van der Waals surface area (Å²) in [4.78, 5) is 19.3. The zero-order valence-electron chi connectivity index (χ0n) is 9.24. The zero-order chi connectivity index (χ0) is 12.7. The van der Waals surface area contributed by atoms with E-state index in [1.54, 1.807) is 10.8 Å². The molecule has 7 heteroatoms. The molecule has 17 heavy (non-hydrogen) atoms. The summed E-state index contributed by atoms with van der Waals surface area (Å²) in [6.45, 7) is 3.91. The lowest BCUT2D eigenvalue weighted by atomic mass is 10.2. The van der Waals surface area contributed by atoms with Crippen molar-refractivity contribution in [3.05, 3.63) is 22.2 Å². The van der Waals surface area contributed by atoms with Crippen LogP contribution in [0.25, 0.3) is 11.0 Å². The van der Waals surface area contributed by atoms with E-state index in [0.29, 0.717) is 16.6 Å². The van der Waals surface area contributed by atoms with E-state index in [-0.39, 0.29) is 16.5 Å². The number of nitrogens with two attached hydrogens (primary N) is 1. The highest BCUT2D eigenvalue weighted by Gasteiger charge is 2.19. The molecule has 90 valence electrons. The Morgan fingerprint density at radius 1 is 1.41 bits per heavy atom. The summed E-state index contributed by atoms with van der Waals surface area (Å²) in [7, 11) is 0. The first-order valence-electron chi connectivity index (χ1n) is 4.95. The van der Waals surface area contributed by atoms with Gasteiger partial charge in [0.1, 0.15) is 10.8 Å². The highest BCUT2D eigenvalue weighted by atomic mass is 35.5. The topological polar surface area (TPSA) is 73.8 Å². The summed E-state index contributed by atoms with van der Waals surface area (Å²) in [6, 6.07) is 0.104. The fourth-order valence-corrected chi connectivity index (χ4v) is 2.14. The van der Waals surface area contributed by atoms with E-state index in [2.05, 4.69) is 9.97 Å². The first kappa shape index (κ1) is 12.1. The van der Waals surface area contributed by atoms with E-state index in [1.807, 2.05) is 13.8 Å². The molecule has 5 nitrogen and oxygen atoms in total. The molecule has 0 aliphatic heterocycles. The largest absolute Gasteiger partial charge is 0.366 e. The van der Waals surface area contributed by atoms with Gasteiger partial charge in [-0.25, -0.2) is 4.98 Å². The van der Waals surface area contributed by atoms with Crippen molar-refractivity contribution in [2.75, 3.05) is 0 Å². The number of aromatic nitrogens is 3. The molecule has 0 unspecified atom stereocenters. The van der Waals surface area contributed by atoms with Crippen molar-refractivity contribution in [3.63, 3.8) is 0 Å². The Balaban J connectivity index is 2.91. The lowest BCUT2D eigenvalue weighted by Crippen LogP contribution is -2.10. The number of carbonyl (C=O) groups is 1. The van der Waals surface area contributed by atoms with Gasteiger partial charge in [-0.2, -0.15) is 4.98 Å². The third-order valence-electron chi connectivity index (χ3n) is 2.42. The lowest BCUT2D eigenvalue weighted by Gasteiger charge is -2.07. The minimum atomic E-state index is -0.567. The number of nitrogens with zero attached hydrogens (tertiary/aromatic N) is 3. The highest BCUT2D eigenvalue weighted by Crippen LogP contribution is 2.29. The van der Waals surface area contributed by atoms with Gasteiger partial charge >= 0.3 is 0 Å². The van der Waals surface area contributed by atoms with Gasteiger partial charge in [0.2, 0.25) is 5.28 Å². The van der Waals surface area contributed by atoms with Crippen molar-refractivity contribution in [2.24, 2.45) is 5.73 Å². The van der Waals surface area contributed by atoms with E-state index < -0.39 is 5.91 Å². The SMILES string of the molecule is CC(C)n1cc(C(N)=O)c2c(Cl)nc(Cl)nc21. The standard InChI is InChI=1S/C10H10Cl2N4O/c1-4(2)16-3-5(8(13)17)6-7(11)14-10(12)15-9(6)16/h3-4H,1-2H3,(H2,13,17). The maximum atomic E-state index is 11.3. The van der Waals surface area contributed by atoms with Crippen LogP contribution < -0.4 is 5.73 Å². The van der Waals surface area contributed by atoms with E-state index >= 15 is 0 Å². The minimum Gasteiger partial charge on any atom is -0.366 e. The van der Waals surface area contributed by atoms with Crippen LogP contribution in [-0.4, -0.2) is 20.4 Å². The maximum Gasteiger partial charge on any atom is 0.251 e. The Bertz CT molecular complexity index is 606. The van der Waals surface area contributed by atoms with E-state index in [1.165, 1.54) is 0 Å². The number of fused-ring (bicyclic) bond motifs is 1. The van der Waals surface area contributed by atoms with Crippen LogP contribution in [0.4, 0.5) is 0 Å². The van der Waals surface area contributed by atoms with Crippen LogP contribution in [0, 0.1) is 0 Å². The molecule has 1 amide bonds. The lowest BCUT2D eigenvalue weighted by molar-refractivity contribution is 0.100. The third-order valence-corrected chi connectivity index (χ3v) is 2.86. The number of rotatable bonds is 2. The van der Waals surface area contributed by atoms with Crippen LogP contribution in [0.3, 0.4) is 0 Å². The molecule has 0 saturated heterocycles. The van der Waals surface area contributed by atoms with Gasteiger partial charge in [-0.15, -0.1) is 0 Å². The maximum absolute atomic E-state index is 11.3. The molecule has 2 rings (SSSR count). The third kappa shape index (κ3) is 1.96. The minimum absolute atomic E-state index is 0.0403. The van der Waals surface area contributed by atoms with Crippen molar-refractivity contribution < 1.29 is 4.79 Å². The normalized spacial score (nSPS) is 11.4. The Kier molecular flexibility index (Phi) is 2.97. The Hall–Kier alpha value is -1.33. The quantitative estimate of drug-likeness (QED) is 0.674. The van der Waals surface area contributed by atoms with Gasteiger partial charge in [-0.3, -0.25) is 4.79 Å². The number of amides is 1. The molecule has 0 atom stereocenters. The van der Waals surface area contributed by atoms with Crippen LogP contribution in [0.2, 0.25) is 10.4 Å². The van der Waals surface area contributed by atoms with E-state index in [0.717, 1.165) is 0 Å². The van der Waals surface area contributed by atoms with Crippen molar-refractivity contribution >= 4 is 40.1 Å². The van der Waals surface area contributed by atoms with Crippen LogP contribution >= 0.6 is 23.2 Å². The van der Waals surface area contributed by atoms with Gasteiger partial charge < -0.3 is 10.3 Å².